The van der Waals surface area contributed by atoms with E-state index in [2.05, 4.69) is 10.1 Å². The molecule has 0 aliphatic carbocycles. The van der Waals surface area contributed by atoms with E-state index >= 15 is 0 Å². The van der Waals surface area contributed by atoms with Gasteiger partial charge in [0.25, 0.3) is 0 Å². The van der Waals surface area contributed by atoms with Crippen LogP contribution in [0.1, 0.15) is 15.9 Å². The van der Waals surface area contributed by atoms with Crippen LogP contribution in [0.15, 0.2) is 48.5 Å². The van der Waals surface area contributed by atoms with Crippen LogP contribution in [0.4, 0.5) is 10.1 Å². The number of ether oxygens (including phenoxy) is 1. The number of methoxy groups -OCH3 is 1. The molecule has 4 heteroatoms. The van der Waals surface area contributed by atoms with E-state index in [0.29, 0.717) is 12.1 Å². The van der Waals surface area contributed by atoms with Crippen LogP contribution in [0.25, 0.3) is 0 Å². The largest absolute Gasteiger partial charge is 0.465 e. The first-order valence-electron chi connectivity index (χ1n) is 5.86. The topological polar surface area (TPSA) is 38.3 Å². The number of carbonyl (C=O) groups is 1. The third kappa shape index (κ3) is 3.31. The number of anilines is 1. The van der Waals surface area contributed by atoms with Crippen LogP contribution in [0.2, 0.25) is 0 Å². The third-order valence-electron chi connectivity index (χ3n) is 2.71. The maximum absolute atomic E-state index is 13.6. The number of carbonyl (C=O) groups excluding carboxylic acids is 1. The zero-order valence-corrected chi connectivity index (χ0v) is 10.5. The molecule has 0 aliphatic heterocycles. The summed E-state index contributed by atoms with van der Waals surface area (Å²) < 4.78 is 18.2. The molecule has 0 bridgehead atoms. The minimum Gasteiger partial charge on any atom is -0.465 e. The lowest BCUT2D eigenvalue weighted by Gasteiger charge is -2.09. The van der Waals surface area contributed by atoms with Crippen molar-refractivity contribution in [2.45, 2.75) is 6.54 Å². The Hall–Kier alpha value is -2.36. The van der Waals surface area contributed by atoms with E-state index in [0.717, 1.165) is 5.56 Å². The molecule has 0 unspecified atom stereocenters. The monoisotopic (exact) mass is 259 g/mol. The maximum atomic E-state index is 13.6. The van der Waals surface area contributed by atoms with E-state index < -0.39 is 11.8 Å². The van der Waals surface area contributed by atoms with Crippen molar-refractivity contribution >= 4 is 11.7 Å². The van der Waals surface area contributed by atoms with Gasteiger partial charge in [0.2, 0.25) is 0 Å². The maximum Gasteiger partial charge on any atom is 0.337 e. The highest BCUT2D eigenvalue weighted by Crippen LogP contribution is 2.17. The molecule has 3 nitrogen and oxygen atoms in total. The summed E-state index contributed by atoms with van der Waals surface area (Å²) in [6.07, 6.45) is 0. The fraction of sp³-hybridized carbons (Fsp3) is 0.133. The average Bonchev–Trinajstić information content (AvgIpc) is 2.46. The van der Waals surface area contributed by atoms with Crippen LogP contribution < -0.4 is 5.32 Å². The van der Waals surface area contributed by atoms with Gasteiger partial charge in [0.1, 0.15) is 5.82 Å². The zero-order chi connectivity index (χ0) is 13.7. The Balaban J connectivity index is 2.13. The molecule has 1 N–H and O–H groups in total. The number of hydrogen-bond acceptors (Lipinski definition) is 3. The molecule has 0 heterocycles. The molecular formula is C15H14FNO2. The molecule has 0 fully saturated rings. The molecule has 98 valence electrons. The van der Waals surface area contributed by atoms with Gasteiger partial charge < -0.3 is 10.1 Å². The summed E-state index contributed by atoms with van der Waals surface area (Å²) in [5.41, 5.74) is 1.64. The SMILES string of the molecule is COC(=O)c1ccc(F)c(NCc2ccccc2)c1. The third-order valence-corrected chi connectivity index (χ3v) is 2.71. The Kier molecular flexibility index (Phi) is 4.13. The van der Waals surface area contributed by atoms with Gasteiger partial charge in [-0.15, -0.1) is 0 Å². The summed E-state index contributed by atoms with van der Waals surface area (Å²) in [4.78, 5) is 11.4. The van der Waals surface area contributed by atoms with Gasteiger partial charge in [0, 0.05) is 6.54 Å². The van der Waals surface area contributed by atoms with Crippen LogP contribution in [0.5, 0.6) is 0 Å². The van der Waals surface area contributed by atoms with Gasteiger partial charge in [-0.05, 0) is 23.8 Å². The van der Waals surface area contributed by atoms with E-state index in [-0.39, 0.29) is 5.69 Å². The normalized spacial score (nSPS) is 10.0. The molecule has 0 aliphatic rings. The Labute approximate surface area is 111 Å². The van der Waals surface area contributed by atoms with Crippen molar-refractivity contribution in [3.05, 3.63) is 65.5 Å². The highest BCUT2D eigenvalue weighted by Gasteiger charge is 2.09. The quantitative estimate of drug-likeness (QED) is 0.857. The van der Waals surface area contributed by atoms with Crippen molar-refractivity contribution in [3.63, 3.8) is 0 Å². The Bertz CT molecular complexity index is 570. The zero-order valence-electron chi connectivity index (χ0n) is 10.5. The summed E-state index contributed by atoms with van der Waals surface area (Å²) in [5, 5.41) is 2.97. The molecule has 0 atom stereocenters. The molecule has 19 heavy (non-hydrogen) atoms. The lowest BCUT2D eigenvalue weighted by atomic mass is 10.1. The van der Waals surface area contributed by atoms with Crippen LogP contribution in [-0.4, -0.2) is 13.1 Å². The van der Waals surface area contributed by atoms with E-state index in [4.69, 9.17) is 0 Å². The summed E-state index contributed by atoms with van der Waals surface area (Å²) in [6.45, 7) is 0.488. The van der Waals surface area contributed by atoms with Crippen molar-refractivity contribution in [2.75, 3.05) is 12.4 Å². The number of halogens is 1. The summed E-state index contributed by atoms with van der Waals surface area (Å²) >= 11 is 0. The Morgan fingerprint density at radius 2 is 1.95 bits per heavy atom. The lowest BCUT2D eigenvalue weighted by Crippen LogP contribution is -2.05. The fourth-order valence-corrected chi connectivity index (χ4v) is 1.70. The van der Waals surface area contributed by atoms with E-state index in [1.807, 2.05) is 30.3 Å². The van der Waals surface area contributed by atoms with Gasteiger partial charge in [-0.3, -0.25) is 0 Å². The van der Waals surface area contributed by atoms with Crippen molar-refractivity contribution < 1.29 is 13.9 Å². The van der Waals surface area contributed by atoms with E-state index in [1.165, 1.54) is 25.3 Å². The molecule has 2 rings (SSSR count). The number of nitrogens with one attached hydrogen (secondary N) is 1. The van der Waals surface area contributed by atoms with Crippen LogP contribution in [0, 0.1) is 5.82 Å². The molecule has 0 spiro atoms. The number of esters is 1. The van der Waals surface area contributed by atoms with Crippen molar-refractivity contribution in [3.8, 4) is 0 Å². The van der Waals surface area contributed by atoms with Crippen molar-refractivity contribution in [1.82, 2.24) is 0 Å². The molecule has 0 amide bonds. The molecular weight excluding hydrogens is 245 g/mol. The van der Waals surface area contributed by atoms with E-state index in [1.54, 1.807) is 0 Å². The second-order valence-corrected chi connectivity index (χ2v) is 4.03. The first kappa shape index (κ1) is 13.1. The van der Waals surface area contributed by atoms with E-state index in [9.17, 15) is 9.18 Å². The van der Waals surface area contributed by atoms with Gasteiger partial charge in [-0.2, -0.15) is 0 Å². The van der Waals surface area contributed by atoms with Crippen molar-refractivity contribution in [2.24, 2.45) is 0 Å². The first-order chi connectivity index (χ1) is 9.20. The lowest BCUT2D eigenvalue weighted by molar-refractivity contribution is 0.0600. The molecule has 2 aromatic rings. The number of benzene rings is 2. The Morgan fingerprint density at radius 1 is 1.21 bits per heavy atom. The van der Waals surface area contributed by atoms with Gasteiger partial charge >= 0.3 is 5.97 Å². The molecule has 0 saturated carbocycles. The Morgan fingerprint density at radius 3 is 2.63 bits per heavy atom. The minimum absolute atomic E-state index is 0.284. The highest BCUT2D eigenvalue weighted by molar-refractivity contribution is 5.90. The van der Waals surface area contributed by atoms with Gasteiger partial charge in [-0.1, -0.05) is 30.3 Å². The second-order valence-electron chi connectivity index (χ2n) is 4.03. The van der Waals surface area contributed by atoms with Gasteiger partial charge in [0.05, 0.1) is 18.4 Å². The summed E-state index contributed by atoms with van der Waals surface area (Å²) in [5.74, 6) is -0.883. The minimum atomic E-state index is -0.484. The van der Waals surface area contributed by atoms with Crippen molar-refractivity contribution in [1.29, 1.82) is 0 Å². The number of hydrogen-bond donors (Lipinski definition) is 1. The van der Waals surface area contributed by atoms with Crippen LogP contribution in [-0.2, 0) is 11.3 Å². The fourth-order valence-electron chi connectivity index (χ4n) is 1.70. The molecule has 0 radical (unpaired) electrons. The predicted molar refractivity (Wildman–Crippen MR) is 71.5 cm³/mol. The average molecular weight is 259 g/mol. The highest BCUT2D eigenvalue weighted by atomic mass is 19.1. The van der Waals surface area contributed by atoms with Crippen LogP contribution >= 0.6 is 0 Å². The smallest absolute Gasteiger partial charge is 0.337 e. The second kappa shape index (κ2) is 6.00. The van der Waals surface area contributed by atoms with Gasteiger partial charge in [-0.25, -0.2) is 9.18 Å². The molecule has 2 aromatic carbocycles. The standard InChI is InChI=1S/C15H14FNO2/c1-19-15(18)12-7-8-13(16)14(9-12)17-10-11-5-3-2-4-6-11/h2-9,17H,10H2,1H3. The number of rotatable bonds is 4. The molecule has 0 saturated heterocycles. The van der Waals surface area contributed by atoms with Gasteiger partial charge in [0.15, 0.2) is 0 Å². The first-order valence-corrected chi connectivity index (χ1v) is 5.86. The van der Waals surface area contributed by atoms with Crippen LogP contribution in [0.3, 0.4) is 0 Å². The molecule has 0 aromatic heterocycles. The summed E-state index contributed by atoms with van der Waals surface area (Å²) in [7, 11) is 1.29. The summed E-state index contributed by atoms with van der Waals surface area (Å²) in [6, 6.07) is 13.7. The predicted octanol–water partition coefficient (Wildman–Crippen LogP) is 3.22.